The number of esters is 2. The predicted molar refractivity (Wildman–Crippen MR) is 109 cm³/mol. The molecule has 0 heterocycles. The summed E-state index contributed by atoms with van der Waals surface area (Å²) in [7, 11) is 1.42. The van der Waals surface area contributed by atoms with Crippen LogP contribution in [0.5, 0.6) is 0 Å². The van der Waals surface area contributed by atoms with E-state index in [-0.39, 0.29) is 28.9 Å². The summed E-state index contributed by atoms with van der Waals surface area (Å²) in [5.41, 5.74) is -0.637. The number of carbonyl (C=O) groups excluding carboxylic acids is 2. The van der Waals surface area contributed by atoms with Gasteiger partial charge in [-0.3, -0.25) is 9.59 Å². The Kier molecular flexibility index (Phi) is 5.91. The number of ether oxygens (including phenoxy) is 2. The number of methoxy groups -OCH3 is 1. The molecule has 0 radical (unpaired) electrons. The van der Waals surface area contributed by atoms with Crippen LogP contribution < -0.4 is 0 Å². The van der Waals surface area contributed by atoms with Crippen LogP contribution in [0.4, 0.5) is 0 Å². The van der Waals surface area contributed by atoms with E-state index in [1.165, 1.54) is 32.8 Å². The largest absolute Gasteiger partial charge is 0.469 e. The minimum Gasteiger partial charge on any atom is -0.469 e. The summed E-state index contributed by atoms with van der Waals surface area (Å²) in [5, 5.41) is 0. The molecule has 4 aliphatic carbocycles. The summed E-state index contributed by atoms with van der Waals surface area (Å²) in [6, 6.07) is 0. The lowest BCUT2D eigenvalue weighted by Crippen LogP contribution is -2.38. The van der Waals surface area contributed by atoms with Crippen molar-refractivity contribution < 1.29 is 19.1 Å². The third-order valence-electron chi connectivity index (χ3n) is 8.07. The monoisotopic (exact) mass is 392 g/mol. The Bertz CT molecular complexity index is 602. The molecule has 0 spiro atoms. The van der Waals surface area contributed by atoms with Crippen molar-refractivity contribution in [3.63, 3.8) is 0 Å². The average molecular weight is 393 g/mol. The van der Waals surface area contributed by atoms with E-state index in [1.54, 1.807) is 0 Å². The molecule has 160 valence electrons. The lowest BCUT2D eigenvalue weighted by Gasteiger charge is -2.38. The fourth-order valence-electron chi connectivity index (χ4n) is 6.63. The lowest BCUT2D eigenvalue weighted by molar-refractivity contribution is -0.163. The Morgan fingerprint density at radius 1 is 0.893 bits per heavy atom. The van der Waals surface area contributed by atoms with Crippen molar-refractivity contribution >= 4 is 11.9 Å². The van der Waals surface area contributed by atoms with Crippen LogP contribution in [0.15, 0.2) is 0 Å². The number of carbonyl (C=O) groups is 2. The van der Waals surface area contributed by atoms with Gasteiger partial charge in [0.25, 0.3) is 0 Å². The van der Waals surface area contributed by atoms with Gasteiger partial charge < -0.3 is 9.47 Å². The zero-order chi connectivity index (χ0) is 20.9. The van der Waals surface area contributed by atoms with Crippen LogP contribution in [0.25, 0.3) is 0 Å². The third-order valence-corrected chi connectivity index (χ3v) is 8.07. The summed E-state index contributed by atoms with van der Waals surface area (Å²) >= 11 is 0. The fourth-order valence-corrected chi connectivity index (χ4v) is 6.63. The van der Waals surface area contributed by atoms with Crippen molar-refractivity contribution in [2.75, 3.05) is 7.11 Å². The molecule has 4 rings (SSSR count). The van der Waals surface area contributed by atoms with Gasteiger partial charge in [-0.1, -0.05) is 6.92 Å². The summed E-state index contributed by atoms with van der Waals surface area (Å²) in [6.45, 7) is 11.7. The van der Waals surface area contributed by atoms with E-state index in [0.717, 1.165) is 42.4 Å². The van der Waals surface area contributed by atoms with Gasteiger partial charge >= 0.3 is 11.9 Å². The quantitative estimate of drug-likeness (QED) is 0.487. The van der Waals surface area contributed by atoms with E-state index in [1.807, 2.05) is 41.5 Å². The molecule has 4 bridgehead atoms. The van der Waals surface area contributed by atoms with Crippen LogP contribution in [-0.2, 0) is 19.1 Å². The topological polar surface area (TPSA) is 52.6 Å². The van der Waals surface area contributed by atoms with Gasteiger partial charge in [-0.25, -0.2) is 0 Å². The van der Waals surface area contributed by atoms with Crippen LogP contribution in [-0.4, -0.2) is 24.6 Å². The van der Waals surface area contributed by atoms with Crippen LogP contribution >= 0.6 is 0 Å². The highest BCUT2D eigenvalue weighted by atomic mass is 16.6. The molecule has 4 aliphatic rings. The van der Waals surface area contributed by atoms with Crippen molar-refractivity contribution in [1.29, 1.82) is 0 Å². The Morgan fingerprint density at radius 2 is 1.50 bits per heavy atom. The molecule has 4 nitrogen and oxygen atoms in total. The minimum atomic E-state index is -0.326. The maximum atomic E-state index is 12.4. The predicted octanol–water partition coefficient (Wildman–Crippen LogP) is 5.24. The highest BCUT2D eigenvalue weighted by Crippen LogP contribution is 2.68. The number of rotatable bonds is 3. The molecule has 28 heavy (non-hydrogen) atoms. The molecule has 0 aromatic carbocycles. The van der Waals surface area contributed by atoms with E-state index in [9.17, 15) is 9.59 Å². The van der Waals surface area contributed by atoms with Crippen molar-refractivity contribution in [2.45, 2.75) is 85.7 Å². The molecule has 0 aromatic heterocycles. The maximum absolute atomic E-state index is 12.4. The van der Waals surface area contributed by atoms with Crippen molar-refractivity contribution in [3.8, 4) is 0 Å². The fraction of sp³-hybridized carbons (Fsp3) is 0.917. The standard InChI is InChI=1S/C17H26O2.C7H14O2/c1-17(2,3)19-16(18)13-8-11-7-12(13)15-10-5-4-9(6-10)14(11)15;1-5-7(2,3)6(8)9-4/h9-15H,4-8H2,1-3H3;5H2,1-4H3. The third kappa shape index (κ3) is 3.98. The van der Waals surface area contributed by atoms with E-state index < -0.39 is 0 Å². The first-order valence-corrected chi connectivity index (χ1v) is 11.3. The Morgan fingerprint density at radius 3 is 2.00 bits per heavy atom. The van der Waals surface area contributed by atoms with E-state index in [2.05, 4.69) is 4.74 Å². The zero-order valence-electron chi connectivity index (χ0n) is 18.9. The second kappa shape index (κ2) is 7.65. The molecule has 0 aromatic rings. The van der Waals surface area contributed by atoms with Crippen molar-refractivity contribution in [2.24, 2.45) is 46.8 Å². The molecule has 7 atom stereocenters. The molecule has 0 aliphatic heterocycles. The van der Waals surface area contributed by atoms with Crippen molar-refractivity contribution in [1.82, 2.24) is 0 Å². The molecule has 4 saturated carbocycles. The smallest absolute Gasteiger partial charge is 0.311 e. The lowest BCUT2D eigenvalue weighted by atomic mass is 9.67. The first kappa shape index (κ1) is 21.6. The highest BCUT2D eigenvalue weighted by Gasteiger charge is 2.63. The van der Waals surface area contributed by atoms with Gasteiger partial charge in [0.05, 0.1) is 18.4 Å². The summed E-state index contributed by atoms with van der Waals surface area (Å²) in [5.74, 6) is 5.55. The van der Waals surface area contributed by atoms with Crippen LogP contribution in [0, 0.1) is 46.8 Å². The van der Waals surface area contributed by atoms with Crippen LogP contribution in [0.2, 0.25) is 0 Å². The minimum absolute atomic E-state index is 0.0984. The van der Waals surface area contributed by atoms with Gasteiger partial charge in [-0.15, -0.1) is 0 Å². The van der Waals surface area contributed by atoms with Gasteiger partial charge in [0.15, 0.2) is 0 Å². The molecule has 4 fully saturated rings. The molecule has 7 unspecified atom stereocenters. The molecule has 0 saturated heterocycles. The molecular weight excluding hydrogens is 352 g/mol. The summed E-state index contributed by atoms with van der Waals surface area (Å²) in [6.07, 6.45) is 7.67. The van der Waals surface area contributed by atoms with Gasteiger partial charge in [0, 0.05) is 0 Å². The Labute approximate surface area is 171 Å². The molecule has 0 amide bonds. The number of hydrogen-bond acceptors (Lipinski definition) is 4. The van der Waals surface area contributed by atoms with Crippen LogP contribution in [0.3, 0.4) is 0 Å². The van der Waals surface area contributed by atoms with Gasteiger partial charge in [0.1, 0.15) is 5.60 Å². The number of fused-ring (bicyclic) bond motifs is 9. The SMILES string of the molecule is CC(C)(C)OC(=O)C1CC2CC1C1C3CCC(C3)C21.CCC(C)(C)C(=O)OC. The summed E-state index contributed by atoms with van der Waals surface area (Å²) < 4.78 is 10.2. The average Bonchev–Trinajstić information content (AvgIpc) is 3.37. The van der Waals surface area contributed by atoms with Crippen molar-refractivity contribution in [3.05, 3.63) is 0 Å². The first-order valence-electron chi connectivity index (χ1n) is 11.3. The van der Waals surface area contributed by atoms with Gasteiger partial charge in [-0.05, 0) is 109 Å². The Hall–Kier alpha value is -1.06. The van der Waals surface area contributed by atoms with E-state index in [0.29, 0.717) is 5.92 Å². The van der Waals surface area contributed by atoms with Gasteiger partial charge in [-0.2, -0.15) is 0 Å². The molecular formula is C24H40O4. The first-order chi connectivity index (χ1) is 13.0. The van der Waals surface area contributed by atoms with Crippen LogP contribution in [0.1, 0.15) is 80.1 Å². The highest BCUT2D eigenvalue weighted by molar-refractivity contribution is 5.75. The number of hydrogen-bond donors (Lipinski definition) is 0. The molecule has 0 N–H and O–H groups in total. The molecule has 4 heteroatoms. The van der Waals surface area contributed by atoms with Gasteiger partial charge in [0.2, 0.25) is 0 Å². The maximum Gasteiger partial charge on any atom is 0.311 e. The summed E-state index contributed by atoms with van der Waals surface area (Å²) in [4.78, 5) is 23.3. The Balaban J connectivity index is 0.000000215. The second-order valence-electron chi connectivity index (χ2n) is 11.3. The zero-order valence-corrected chi connectivity index (χ0v) is 18.9. The van der Waals surface area contributed by atoms with E-state index >= 15 is 0 Å². The van der Waals surface area contributed by atoms with E-state index in [4.69, 9.17) is 4.74 Å². The second-order valence-corrected chi connectivity index (χ2v) is 11.3. The normalized spacial score (nSPS) is 37.9.